The molecule has 0 N–H and O–H groups in total. The normalized spacial score (nSPS) is 13.8. The summed E-state index contributed by atoms with van der Waals surface area (Å²) in [5.41, 5.74) is 1.90. The second-order valence-corrected chi connectivity index (χ2v) is 6.09. The highest BCUT2D eigenvalue weighted by atomic mass is 16.2. The molecule has 122 valence electrons. The Morgan fingerprint density at radius 2 is 1.83 bits per heavy atom. The van der Waals surface area contributed by atoms with Gasteiger partial charge in [-0.1, -0.05) is 12.1 Å². The van der Waals surface area contributed by atoms with E-state index in [1.54, 1.807) is 0 Å². The van der Waals surface area contributed by atoms with Crippen LogP contribution in [-0.2, 0) is 19.6 Å². The van der Waals surface area contributed by atoms with E-state index in [1.165, 1.54) is 5.56 Å². The van der Waals surface area contributed by atoms with E-state index < -0.39 is 0 Å². The van der Waals surface area contributed by atoms with E-state index in [0.29, 0.717) is 13.1 Å². The Morgan fingerprint density at radius 1 is 1.08 bits per heavy atom. The number of hydrogen-bond acceptors (Lipinski definition) is 3. The Hall–Kier alpha value is -2.89. The number of carbonyl (C=O) groups excluding carboxylic acids is 1. The maximum atomic E-state index is 12.7. The van der Waals surface area contributed by atoms with Crippen LogP contribution in [0.1, 0.15) is 27.6 Å². The van der Waals surface area contributed by atoms with Gasteiger partial charge in [0.2, 0.25) is 0 Å². The molecule has 1 aliphatic heterocycles. The van der Waals surface area contributed by atoms with Crippen LogP contribution >= 0.6 is 0 Å². The summed E-state index contributed by atoms with van der Waals surface area (Å²) in [7, 11) is 0. The van der Waals surface area contributed by atoms with Crippen molar-refractivity contribution in [3.8, 4) is 0 Å². The van der Waals surface area contributed by atoms with E-state index in [2.05, 4.69) is 19.3 Å². The first-order chi connectivity index (χ1) is 11.7. The lowest BCUT2D eigenvalue weighted by atomic mass is 10.1. The zero-order valence-corrected chi connectivity index (χ0v) is 13.6. The molecule has 0 saturated heterocycles. The lowest BCUT2D eigenvalue weighted by Gasteiger charge is -2.27. The fourth-order valence-corrected chi connectivity index (χ4v) is 3.10. The van der Waals surface area contributed by atoms with Gasteiger partial charge in [-0.15, -0.1) is 10.2 Å². The van der Waals surface area contributed by atoms with E-state index in [1.807, 2.05) is 60.6 Å². The number of hydrogen-bond donors (Lipinski definition) is 0. The van der Waals surface area contributed by atoms with Crippen LogP contribution in [0.4, 0.5) is 0 Å². The third-order valence-electron chi connectivity index (χ3n) is 4.46. The van der Waals surface area contributed by atoms with Crippen molar-refractivity contribution in [1.82, 2.24) is 24.2 Å². The number of nitrogens with zero attached hydrogens (tertiary/aromatic N) is 5. The van der Waals surface area contributed by atoms with Gasteiger partial charge < -0.3 is 14.0 Å². The molecule has 4 rings (SSSR count). The summed E-state index contributed by atoms with van der Waals surface area (Å²) in [6, 6.07) is 11.9. The quantitative estimate of drug-likeness (QED) is 0.742. The monoisotopic (exact) mass is 321 g/mol. The van der Waals surface area contributed by atoms with Crippen LogP contribution in [-0.4, -0.2) is 36.7 Å². The van der Waals surface area contributed by atoms with Crippen molar-refractivity contribution in [3.05, 3.63) is 71.6 Å². The Labute approximate surface area is 140 Å². The zero-order chi connectivity index (χ0) is 16.5. The second-order valence-electron chi connectivity index (χ2n) is 6.09. The molecule has 24 heavy (non-hydrogen) atoms. The van der Waals surface area contributed by atoms with Gasteiger partial charge in [-0.25, -0.2) is 0 Å². The molecule has 3 aromatic rings. The molecule has 1 aliphatic rings. The minimum absolute atomic E-state index is 0.0504. The zero-order valence-electron chi connectivity index (χ0n) is 13.6. The highest BCUT2D eigenvalue weighted by Gasteiger charge is 2.24. The summed E-state index contributed by atoms with van der Waals surface area (Å²) in [5.74, 6) is 1.82. The SMILES string of the molecule is Cc1nnc2n1CCN(C(=O)c1ccc(Cn3cccc3)cc1)C2. The molecule has 2 aromatic heterocycles. The number of aryl methyl sites for hydroxylation is 1. The summed E-state index contributed by atoms with van der Waals surface area (Å²) in [5, 5.41) is 8.24. The average Bonchev–Trinajstić information content (AvgIpc) is 3.25. The third-order valence-corrected chi connectivity index (χ3v) is 4.46. The molecule has 3 heterocycles. The van der Waals surface area contributed by atoms with Crippen LogP contribution in [0, 0.1) is 6.92 Å². The molecule has 0 atom stereocenters. The van der Waals surface area contributed by atoms with Gasteiger partial charge >= 0.3 is 0 Å². The largest absolute Gasteiger partial charge is 0.350 e. The molecule has 0 spiro atoms. The van der Waals surface area contributed by atoms with Crippen LogP contribution in [0.15, 0.2) is 48.8 Å². The first kappa shape index (κ1) is 14.7. The van der Waals surface area contributed by atoms with Crippen molar-refractivity contribution in [2.24, 2.45) is 0 Å². The Morgan fingerprint density at radius 3 is 2.58 bits per heavy atom. The molecule has 1 amide bonds. The number of benzene rings is 1. The number of carbonyl (C=O) groups is 1. The maximum Gasteiger partial charge on any atom is 0.254 e. The first-order valence-electron chi connectivity index (χ1n) is 8.08. The maximum absolute atomic E-state index is 12.7. The van der Waals surface area contributed by atoms with Crippen molar-refractivity contribution in [2.75, 3.05) is 6.54 Å². The Kier molecular flexibility index (Phi) is 3.65. The van der Waals surface area contributed by atoms with E-state index in [9.17, 15) is 4.79 Å². The first-order valence-corrected chi connectivity index (χ1v) is 8.08. The second kappa shape index (κ2) is 5.96. The van der Waals surface area contributed by atoms with Gasteiger partial charge in [0.1, 0.15) is 5.82 Å². The molecule has 0 bridgehead atoms. The molecule has 0 fully saturated rings. The predicted octanol–water partition coefficient (Wildman–Crippen LogP) is 2.09. The molecule has 6 nitrogen and oxygen atoms in total. The minimum atomic E-state index is 0.0504. The standard InChI is InChI=1S/C18H19N5O/c1-14-19-20-17-13-22(10-11-23(14)17)18(24)16-6-4-15(5-7-16)12-21-8-2-3-9-21/h2-9H,10-13H2,1H3. The van der Waals surface area contributed by atoms with Gasteiger partial charge in [0.15, 0.2) is 5.82 Å². The van der Waals surface area contributed by atoms with Crippen molar-refractivity contribution in [1.29, 1.82) is 0 Å². The molecular weight excluding hydrogens is 302 g/mol. The summed E-state index contributed by atoms with van der Waals surface area (Å²) in [4.78, 5) is 14.5. The van der Waals surface area contributed by atoms with E-state index in [0.717, 1.165) is 30.3 Å². The average molecular weight is 321 g/mol. The van der Waals surface area contributed by atoms with E-state index in [4.69, 9.17) is 0 Å². The van der Waals surface area contributed by atoms with Crippen molar-refractivity contribution >= 4 is 5.91 Å². The van der Waals surface area contributed by atoms with Gasteiger partial charge in [-0.05, 0) is 36.8 Å². The summed E-state index contributed by atoms with van der Waals surface area (Å²) in [6.45, 7) is 4.72. The van der Waals surface area contributed by atoms with Crippen molar-refractivity contribution < 1.29 is 4.79 Å². The third kappa shape index (κ3) is 2.71. The van der Waals surface area contributed by atoms with Gasteiger partial charge in [0, 0.05) is 37.6 Å². The van der Waals surface area contributed by atoms with Crippen LogP contribution in [0.5, 0.6) is 0 Å². The van der Waals surface area contributed by atoms with Gasteiger partial charge in [0.25, 0.3) is 5.91 Å². The van der Waals surface area contributed by atoms with Gasteiger partial charge in [-0.2, -0.15) is 0 Å². The van der Waals surface area contributed by atoms with Crippen molar-refractivity contribution in [3.63, 3.8) is 0 Å². The van der Waals surface area contributed by atoms with Gasteiger partial charge in [0.05, 0.1) is 6.54 Å². The van der Waals surface area contributed by atoms with E-state index in [-0.39, 0.29) is 5.91 Å². The number of fused-ring (bicyclic) bond motifs is 1. The fourth-order valence-electron chi connectivity index (χ4n) is 3.10. The smallest absolute Gasteiger partial charge is 0.254 e. The Bertz CT molecular complexity index is 848. The molecule has 6 heteroatoms. The van der Waals surface area contributed by atoms with Crippen LogP contribution in [0.2, 0.25) is 0 Å². The topological polar surface area (TPSA) is 56.0 Å². The molecule has 0 unspecified atom stereocenters. The number of amides is 1. The van der Waals surface area contributed by atoms with Crippen LogP contribution in [0.25, 0.3) is 0 Å². The molecule has 0 aliphatic carbocycles. The van der Waals surface area contributed by atoms with Crippen LogP contribution < -0.4 is 0 Å². The molecule has 0 radical (unpaired) electrons. The van der Waals surface area contributed by atoms with E-state index >= 15 is 0 Å². The number of rotatable bonds is 3. The summed E-state index contributed by atoms with van der Waals surface area (Å²) < 4.78 is 4.18. The summed E-state index contributed by atoms with van der Waals surface area (Å²) >= 11 is 0. The lowest BCUT2D eigenvalue weighted by Crippen LogP contribution is -2.38. The molecule has 1 aromatic carbocycles. The highest BCUT2D eigenvalue weighted by Crippen LogP contribution is 2.16. The molecular formula is C18H19N5O. The number of aromatic nitrogens is 4. The fraction of sp³-hybridized carbons (Fsp3) is 0.278. The molecule has 0 saturated carbocycles. The van der Waals surface area contributed by atoms with Crippen LogP contribution in [0.3, 0.4) is 0 Å². The highest BCUT2D eigenvalue weighted by molar-refractivity contribution is 5.94. The van der Waals surface area contributed by atoms with Crippen molar-refractivity contribution in [2.45, 2.75) is 26.6 Å². The summed E-state index contributed by atoms with van der Waals surface area (Å²) in [6.07, 6.45) is 4.07. The lowest BCUT2D eigenvalue weighted by molar-refractivity contribution is 0.0706. The Balaban J connectivity index is 1.47. The predicted molar refractivity (Wildman–Crippen MR) is 89.5 cm³/mol. The van der Waals surface area contributed by atoms with Gasteiger partial charge in [-0.3, -0.25) is 4.79 Å². The minimum Gasteiger partial charge on any atom is -0.350 e.